The van der Waals surface area contributed by atoms with Crippen molar-refractivity contribution in [3.05, 3.63) is 0 Å². The average molecular weight is 333 g/mol. The molecule has 0 bridgehead atoms. The van der Waals surface area contributed by atoms with Crippen LogP contribution in [0.1, 0.15) is 13.8 Å². The molecule has 2 atom stereocenters. The summed E-state index contributed by atoms with van der Waals surface area (Å²) >= 11 is 0. The largest absolute Gasteiger partial charge is 0.465 e. The molecule has 0 rings (SSSR count). The minimum absolute atomic E-state index is 0. The van der Waals surface area contributed by atoms with Gasteiger partial charge in [-0.05, 0) is 13.8 Å². The van der Waals surface area contributed by atoms with E-state index in [2.05, 4.69) is 0 Å². The second-order valence-electron chi connectivity index (χ2n) is 3.29. The molecule has 4 N–H and O–H groups in total. The number of halogens is 1. The highest BCUT2D eigenvalue weighted by atomic mass is 35.5. The monoisotopic (exact) mass is 332 g/mol. The Morgan fingerprint density at radius 1 is 0.947 bits per heavy atom. The van der Waals surface area contributed by atoms with Crippen molar-refractivity contribution in [2.45, 2.75) is 25.9 Å². The first-order chi connectivity index (χ1) is 8.52. The van der Waals surface area contributed by atoms with Gasteiger partial charge in [0.25, 0.3) is 0 Å². The van der Waals surface area contributed by atoms with Crippen LogP contribution in [-0.2, 0) is 19.1 Å². The van der Waals surface area contributed by atoms with Crippen LogP contribution in [0.4, 0.5) is 0 Å². The fourth-order valence-electron chi connectivity index (χ4n) is 0.878. The number of ether oxygens (including phenoxy) is 2. The quantitative estimate of drug-likeness (QED) is 0.359. The Bertz CT molecular complexity index is 246. The van der Waals surface area contributed by atoms with Crippen molar-refractivity contribution in [2.75, 3.05) is 24.7 Å². The Morgan fingerprint density at radius 3 is 1.53 bits per heavy atom. The Morgan fingerprint density at radius 2 is 1.26 bits per heavy atom. The van der Waals surface area contributed by atoms with E-state index in [0.29, 0.717) is 24.7 Å². The molecule has 0 saturated heterocycles. The van der Waals surface area contributed by atoms with E-state index in [1.165, 1.54) is 21.6 Å². The lowest BCUT2D eigenvalue weighted by Crippen LogP contribution is -2.35. The Labute approximate surface area is 127 Å². The zero-order valence-corrected chi connectivity index (χ0v) is 13.4. The number of nitrogens with two attached hydrogens (primary N) is 2. The molecule has 0 saturated carbocycles. The van der Waals surface area contributed by atoms with Crippen molar-refractivity contribution >= 4 is 45.9 Å². The van der Waals surface area contributed by atoms with Crippen LogP contribution in [-0.4, -0.2) is 48.7 Å². The first-order valence-electron chi connectivity index (χ1n) is 5.61. The second kappa shape index (κ2) is 12.9. The molecular formula is C10H21ClN2O4S2. The summed E-state index contributed by atoms with van der Waals surface area (Å²) < 4.78 is 9.53. The summed E-state index contributed by atoms with van der Waals surface area (Å²) in [7, 11) is 2.76. The van der Waals surface area contributed by atoms with E-state index in [1.807, 2.05) is 0 Å². The maximum atomic E-state index is 11.2. The molecule has 0 amide bonds. The van der Waals surface area contributed by atoms with Gasteiger partial charge >= 0.3 is 11.9 Å². The number of carbonyl (C=O) groups excluding carboxylic acids is 2. The van der Waals surface area contributed by atoms with Crippen LogP contribution < -0.4 is 11.5 Å². The molecule has 0 fully saturated rings. The van der Waals surface area contributed by atoms with Crippen LogP contribution >= 0.6 is 34.0 Å². The Hall–Kier alpha value is -0.150. The molecule has 19 heavy (non-hydrogen) atoms. The van der Waals surface area contributed by atoms with Gasteiger partial charge in [0.2, 0.25) is 0 Å². The molecule has 0 unspecified atom stereocenters. The zero-order chi connectivity index (χ0) is 14.0. The van der Waals surface area contributed by atoms with Gasteiger partial charge in [-0.15, -0.1) is 12.4 Å². The zero-order valence-electron chi connectivity index (χ0n) is 11.0. The second-order valence-corrected chi connectivity index (χ2v) is 5.84. The van der Waals surface area contributed by atoms with Crippen LogP contribution in [0.25, 0.3) is 0 Å². The van der Waals surface area contributed by atoms with Gasteiger partial charge in [-0.25, -0.2) is 0 Å². The number of hydrogen-bond acceptors (Lipinski definition) is 8. The van der Waals surface area contributed by atoms with Crippen LogP contribution in [0.5, 0.6) is 0 Å². The van der Waals surface area contributed by atoms with E-state index in [-0.39, 0.29) is 12.4 Å². The first kappa shape index (κ1) is 21.2. The topological polar surface area (TPSA) is 105 Å². The van der Waals surface area contributed by atoms with Gasteiger partial charge in [-0.3, -0.25) is 9.59 Å². The lowest BCUT2D eigenvalue weighted by molar-refractivity contribution is -0.144. The van der Waals surface area contributed by atoms with Crippen molar-refractivity contribution < 1.29 is 19.1 Å². The summed E-state index contributed by atoms with van der Waals surface area (Å²) in [4.78, 5) is 22.4. The fourth-order valence-corrected chi connectivity index (χ4v) is 3.09. The van der Waals surface area contributed by atoms with Crippen molar-refractivity contribution in [3.63, 3.8) is 0 Å². The van der Waals surface area contributed by atoms with Crippen LogP contribution in [0.3, 0.4) is 0 Å². The number of hydrogen-bond donors (Lipinski definition) is 2. The molecule has 0 aliphatic carbocycles. The van der Waals surface area contributed by atoms with E-state index in [9.17, 15) is 9.59 Å². The van der Waals surface area contributed by atoms with Gasteiger partial charge < -0.3 is 20.9 Å². The molecule has 114 valence electrons. The predicted octanol–water partition coefficient (Wildman–Crippen LogP) is 0.570. The molecule has 9 heteroatoms. The molecule has 0 aliphatic heterocycles. The van der Waals surface area contributed by atoms with Crippen molar-refractivity contribution in [3.8, 4) is 0 Å². The minimum atomic E-state index is -0.652. The molecule has 0 aromatic carbocycles. The van der Waals surface area contributed by atoms with Gasteiger partial charge in [0.15, 0.2) is 0 Å². The SMILES string of the molecule is CCOC(=O)[C@@H](N)CSSC[C@H](N)C(=O)OCC.Cl. The molecule has 0 aromatic heterocycles. The number of esters is 2. The summed E-state index contributed by atoms with van der Waals surface area (Å²) in [6, 6.07) is -1.30. The third kappa shape index (κ3) is 10.3. The van der Waals surface area contributed by atoms with Crippen LogP contribution in [0.2, 0.25) is 0 Å². The van der Waals surface area contributed by atoms with Crippen molar-refractivity contribution in [1.82, 2.24) is 0 Å². The molecule has 0 radical (unpaired) electrons. The molecule has 0 aromatic rings. The predicted molar refractivity (Wildman–Crippen MR) is 81.4 cm³/mol. The summed E-state index contributed by atoms with van der Waals surface area (Å²) in [5, 5.41) is 0. The van der Waals surface area contributed by atoms with Crippen LogP contribution in [0.15, 0.2) is 0 Å². The third-order valence-corrected chi connectivity index (χ3v) is 4.23. The molecule has 0 aliphatic rings. The number of carbonyl (C=O) groups is 2. The number of rotatable bonds is 9. The van der Waals surface area contributed by atoms with E-state index >= 15 is 0 Å². The average Bonchev–Trinajstić information content (AvgIpc) is 2.34. The van der Waals surface area contributed by atoms with Gasteiger partial charge in [0.1, 0.15) is 12.1 Å². The smallest absolute Gasteiger partial charge is 0.323 e. The first-order valence-corrected chi connectivity index (χ1v) is 8.10. The maximum Gasteiger partial charge on any atom is 0.323 e. The normalized spacial score (nSPS) is 13.1. The van der Waals surface area contributed by atoms with Gasteiger partial charge in [0.05, 0.1) is 13.2 Å². The summed E-state index contributed by atoms with van der Waals surface area (Å²) in [6.07, 6.45) is 0. The fraction of sp³-hybridized carbons (Fsp3) is 0.800. The van der Waals surface area contributed by atoms with E-state index in [1.54, 1.807) is 13.8 Å². The molecule has 0 spiro atoms. The summed E-state index contributed by atoms with van der Waals surface area (Å²) in [5.74, 6) is -0.00135. The van der Waals surface area contributed by atoms with E-state index in [4.69, 9.17) is 20.9 Å². The van der Waals surface area contributed by atoms with Gasteiger partial charge in [-0.1, -0.05) is 21.6 Å². The van der Waals surface area contributed by atoms with E-state index in [0.717, 1.165) is 0 Å². The molecule has 0 heterocycles. The summed E-state index contributed by atoms with van der Waals surface area (Å²) in [5.41, 5.74) is 11.2. The molecular weight excluding hydrogens is 312 g/mol. The highest BCUT2D eigenvalue weighted by molar-refractivity contribution is 8.76. The highest BCUT2D eigenvalue weighted by Gasteiger charge is 2.17. The van der Waals surface area contributed by atoms with Crippen LogP contribution in [0, 0.1) is 0 Å². The van der Waals surface area contributed by atoms with Gasteiger partial charge in [-0.2, -0.15) is 0 Å². The lowest BCUT2D eigenvalue weighted by atomic mass is 10.4. The Kier molecular flexibility index (Phi) is 14.3. The summed E-state index contributed by atoms with van der Waals surface area (Å²) in [6.45, 7) is 4.09. The minimum Gasteiger partial charge on any atom is -0.465 e. The lowest BCUT2D eigenvalue weighted by Gasteiger charge is -2.11. The van der Waals surface area contributed by atoms with E-state index < -0.39 is 24.0 Å². The van der Waals surface area contributed by atoms with Crippen molar-refractivity contribution in [1.29, 1.82) is 0 Å². The standard InChI is InChI=1S/C10H20N2O4S2.ClH/c1-3-15-9(13)7(11)5-17-18-6-8(12)10(14)16-4-2;/h7-8H,3-6,11-12H2,1-2H3;1H/t7-,8-;/m0./s1. The van der Waals surface area contributed by atoms with Gasteiger partial charge in [0, 0.05) is 11.5 Å². The third-order valence-electron chi connectivity index (χ3n) is 1.76. The van der Waals surface area contributed by atoms with Crippen molar-refractivity contribution in [2.24, 2.45) is 11.5 Å². The molecule has 6 nitrogen and oxygen atoms in total. The Balaban J connectivity index is 0. The maximum absolute atomic E-state index is 11.2. The highest BCUT2D eigenvalue weighted by Crippen LogP contribution is 2.22.